The minimum absolute atomic E-state index is 0.171. The summed E-state index contributed by atoms with van der Waals surface area (Å²) in [5.41, 5.74) is 4.96. The number of amides is 4. The number of nitrogens with one attached hydrogen (secondary N) is 2. The normalized spacial score (nSPS) is 19.7. The van der Waals surface area contributed by atoms with E-state index in [1.807, 2.05) is 13.8 Å². The maximum absolute atomic E-state index is 13.7. The van der Waals surface area contributed by atoms with Crippen molar-refractivity contribution < 1.29 is 41.9 Å². The van der Waals surface area contributed by atoms with Crippen molar-refractivity contribution in [2.75, 3.05) is 6.54 Å². The molecule has 1 saturated heterocycles. The second kappa shape index (κ2) is 16.3. The van der Waals surface area contributed by atoms with Crippen LogP contribution in [0, 0.1) is 5.92 Å². The van der Waals surface area contributed by atoms with E-state index in [0.717, 1.165) is 25.7 Å². The molecule has 2 rings (SSSR count). The van der Waals surface area contributed by atoms with E-state index in [4.69, 9.17) is 10.5 Å². The minimum Gasteiger partial charge on any atom is -0.447 e. The van der Waals surface area contributed by atoms with Crippen LogP contribution in [0.2, 0.25) is 0 Å². The molecule has 2 fully saturated rings. The fourth-order valence-corrected chi connectivity index (χ4v) is 4.90. The highest BCUT2D eigenvalue weighted by Gasteiger charge is 2.42. The first-order chi connectivity index (χ1) is 18.3. The zero-order valence-corrected chi connectivity index (χ0v) is 23.3. The van der Waals surface area contributed by atoms with Gasteiger partial charge in [0.25, 0.3) is 5.91 Å². The van der Waals surface area contributed by atoms with Crippen LogP contribution >= 0.6 is 0 Å². The van der Waals surface area contributed by atoms with Crippen LogP contribution in [0.1, 0.15) is 91.9 Å². The molecule has 4 amide bonds. The molecule has 0 aromatic rings. The molecule has 3 atom stereocenters. The number of alkyl carbamates (subject to hydrolysis) is 1. The predicted octanol–water partition coefficient (Wildman–Crippen LogP) is 3.36. The van der Waals surface area contributed by atoms with Crippen LogP contribution in [0.15, 0.2) is 0 Å². The first-order valence-electron chi connectivity index (χ1n) is 13.8. The summed E-state index contributed by atoms with van der Waals surface area (Å²) < 4.78 is 43.4. The summed E-state index contributed by atoms with van der Waals surface area (Å²) in [7, 11) is 0. The zero-order chi connectivity index (χ0) is 29.8. The fraction of sp³-hybridized carbons (Fsp3) is 0.808. The quantitative estimate of drug-likeness (QED) is 0.274. The maximum atomic E-state index is 13.7. The smallest absolute Gasteiger partial charge is 0.408 e. The molecular weight excluding hydrogens is 521 g/mol. The van der Waals surface area contributed by atoms with Gasteiger partial charge in [-0.1, -0.05) is 39.5 Å². The highest BCUT2D eigenvalue weighted by molar-refractivity contribution is 6.37. The van der Waals surface area contributed by atoms with Crippen molar-refractivity contribution in [2.45, 2.75) is 122 Å². The minimum atomic E-state index is -4.61. The Hall–Kier alpha value is -2.86. The van der Waals surface area contributed by atoms with Crippen LogP contribution < -0.4 is 16.4 Å². The number of halogens is 3. The number of primary amides is 1. The summed E-state index contributed by atoms with van der Waals surface area (Å²) in [5.74, 6) is -4.32. The molecule has 1 saturated carbocycles. The number of ether oxygens (including phenoxy) is 1. The molecule has 39 heavy (non-hydrogen) atoms. The van der Waals surface area contributed by atoms with Crippen LogP contribution in [0.3, 0.4) is 0 Å². The van der Waals surface area contributed by atoms with Gasteiger partial charge in [-0.25, -0.2) is 4.79 Å². The van der Waals surface area contributed by atoms with E-state index in [1.54, 1.807) is 13.8 Å². The van der Waals surface area contributed by atoms with E-state index < -0.39 is 72.8 Å². The Balaban J connectivity index is 0.00000371. The van der Waals surface area contributed by atoms with Gasteiger partial charge >= 0.3 is 12.3 Å². The number of carbonyl (C=O) groups is 5. The lowest BCUT2D eigenvalue weighted by Crippen LogP contribution is -2.57. The standard InChI is InChI=1S/C24H37F3N4O6.C2H6/c1-14(2)37-23(36)30-18(15-8-5-3-4-6-9-15)22(35)31-13-7-10-17(31)21(34)29-16(19(32)20(28)33)11-12-24(25,26)27;1-2/h14-18H,3-13H2,1-2H3,(H2,28,33)(H,29,34)(H,30,36);1-2H3. The van der Waals surface area contributed by atoms with Crippen LogP contribution in [-0.4, -0.2) is 71.4 Å². The van der Waals surface area contributed by atoms with E-state index >= 15 is 0 Å². The second-order valence-corrected chi connectivity index (χ2v) is 9.96. The third-order valence-electron chi connectivity index (χ3n) is 6.68. The molecule has 0 bridgehead atoms. The van der Waals surface area contributed by atoms with Gasteiger partial charge in [0, 0.05) is 13.0 Å². The highest BCUT2D eigenvalue weighted by Crippen LogP contribution is 2.29. The van der Waals surface area contributed by atoms with Crippen molar-refractivity contribution in [1.82, 2.24) is 15.5 Å². The lowest BCUT2D eigenvalue weighted by Gasteiger charge is -2.33. The molecule has 1 aliphatic heterocycles. The van der Waals surface area contributed by atoms with Crippen LogP contribution in [0.25, 0.3) is 0 Å². The zero-order valence-electron chi connectivity index (χ0n) is 23.3. The summed E-state index contributed by atoms with van der Waals surface area (Å²) in [6, 6.07) is -3.77. The van der Waals surface area contributed by atoms with E-state index in [2.05, 4.69) is 10.6 Å². The van der Waals surface area contributed by atoms with E-state index in [0.29, 0.717) is 19.3 Å². The molecule has 13 heteroatoms. The number of carbonyl (C=O) groups excluding carboxylic acids is 5. The third kappa shape index (κ3) is 11.4. The molecule has 3 unspecified atom stereocenters. The number of alkyl halides is 3. The average Bonchev–Trinajstić information content (AvgIpc) is 3.20. The van der Waals surface area contributed by atoms with Gasteiger partial charge in [-0.2, -0.15) is 13.2 Å². The molecule has 1 aliphatic carbocycles. The van der Waals surface area contributed by atoms with Gasteiger partial charge in [0.05, 0.1) is 12.1 Å². The molecule has 0 spiro atoms. The summed E-state index contributed by atoms with van der Waals surface area (Å²) in [5, 5.41) is 4.87. The average molecular weight is 565 g/mol. The summed E-state index contributed by atoms with van der Waals surface area (Å²) in [4.78, 5) is 63.8. The topological polar surface area (TPSA) is 148 Å². The lowest BCUT2D eigenvalue weighted by molar-refractivity contribution is -0.146. The Morgan fingerprint density at radius 2 is 1.54 bits per heavy atom. The van der Waals surface area contributed by atoms with Crippen molar-refractivity contribution in [3.05, 3.63) is 0 Å². The van der Waals surface area contributed by atoms with E-state index in [1.165, 1.54) is 4.90 Å². The van der Waals surface area contributed by atoms with E-state index in [9.17, 15) is 37.1 Å². The van der Waals surface area contributed by atoms with Gasteiger partial charge in [0.2, 0.25) is 17.6 Å². The van der Waals surface area contributed by atoms with Crippen molar-refractivity contribution in [1.29, 1.82) is 0 Å². The molecule has 1 heterocycles. The SMILES string of the molecule is CC.CC(C)OC(=O)NC(C(=O)N1CCCC1C(=O)NC(CCC(F)(F)F)C(=O)C(N)=O)C1CCCCCC1. The highest BCUT2D eigenvalue weighted by atomic mass is 19.4. The summed E-state index contributed by atoms with van der Waals surface area (Å²) >= 11 is 0. The summed E-state index contributed by atoms with van der Waals surface area (Å²) in [6.07, 6.45) is -2.19. The monoisotopic (exact) mass is 564 g/mol. The number of Topliss-reactive ketones (excluding diaryl/α,β-unsaturated/α-hetero) is 1. The van der Waals surface area contributed by atoms with Gasteiger partial charge in [0.15, 0.2) is 0 Å². The Kier molecular flexibility index (Phi) is 14.3. The number of likely N-dealkylation sites (tertiary alicyclic amines) is 1. The Morgan fingerprint density at radius 3 is 2.05 bits per heavy atom. The molecular formula is C26H43F3N4O6. The number of rotatable bonds is 10. The lowest BCUT2D eigenvalue weighted by atomic mass is 9.90. The Bertz CT molecular complexity index is 844. The molecule has 0 aromatic carbocycles. The molecule has 10 nitrogen and oxygen atoms in total. The second-order valence-electron chi connectivity index (χ2n) is 9.96. The Labute approximate surface area is 227 Å². The van der Waals surface area contributed by atoms with Gasteiger partial charge in [-0.3, -0.25) is 19.2 Å². The fourth-order valence-electron chi connectivity index (χ4n) is 4.90. The molecule has 224 valence electrons. The number of hydrogen-bond acceptors (Lipinski definition) is 6. The van der Waals surface area contributed by atoms with Crippen LogP contribution in [0.5, 0.6) is 0 Å². The number of nitrogens with zero attached hydrogens (tertiary/aromatic N) is 1. The van der Waals surface area contributed by atoms with Crippen molar-refractivity contribution in [3.63, 3.8) is 0 Å². The van der Waals surface area contributed by atoms with Crippen molar-refractivity contribution >= 4 is 29.6 Å². The molecule has 4 N–H and O–H groups in total. The maximum Gasteiger partial charge on any atom is 0.408 e. The molecule has 0 aromatic heterocycles. The largest absolute Gasteiger partial charge is 0.447 e. The third-order valence-corrected chi connectivity index (χ3v) is 6.68. The Morgan fingerprint density at radius 1 is 0.949 bits per heavy atom. The van der Waals surface area contributed by atoms with Gasteiger partial charge in [0.1, 0.15) is 12.1 Å². The first kappa shape index (κ1) is 34.2. The van der Waals surface area contributed by atoms with Gasteiger partial charge in [-0.15, -0.1) is 0 Å². The van der Waals surface area contributed by atoms with Crippen LogP contribution in [0.4, 0.5) is 18.0 Å². The van der Waals surface area contributed by atoms with Crippen molar-refractivity contribution in [3.8, 4) is 0 Å². The number of nitrogens with two attached hydrogens (primary N) is 1. The van der Waals surface area contributed by atoms with Crippen molar-refractivity contribution in [2.24, 2.45) is 11.7 Å². The number of hydrogen-bond donors (Lipinski definition) is 3. The van der Waals surface area contributed by atoms with E-state index in [-0.39, 0.29) is 18.9 Å². The summed E-state index contributed by atoms with van der Waals surface area (Å²) in [6.45, 7) is 7.54. The van der Waals surface area contributed by atoms with Gasteiger partial charge in [-0.05, 0) is 51.9 Å². The number of ketones is 1. The predicted molar refractivity (Wildman–Crippen MR) is 137 cm³/mol. The molecule has 2 aliphatic rings. The first-order valence-corrected chi connectivity index (χ1v) is 13.8. The van der Waals surface area contributed by atoms with Crippen LogP contribution in [-0.2, 0) is 23.9 Å². The molecule has 0 radical (unpaired) electrons. The van der Waals surface area contributed by atoms with Gasteiger partial charge < -0.3 is 26.0 Å².